The largest absolute Gasteiger partial charge is 0.443 e. The minimum atomic E-state index is -1.50. The maximum absolute atomic E-state index is 10.3. The highest BCUT2D eigenvalue weighted by Gasteiger charge is 2.45. The molecule has 1 saturated heterocycles. The Morgan fingerprint density at radius 1 is 1.03 bits per heavy atom. The Kier molecular flexibility index (Phi) is 7.49. The van der Waals surface area contributed by atoms with E-state index in [0.29, 0.717) is 18.8 Å². The summed E-state index contributed by atoms with van der Waals surface area (Å²) in [6, 6.07) is 8.35. The first-order chi connectivity index (χ1) is 14.4. The van der Waals surface area contributed by atoms with Crippen molar-refractivity contribution in [3.05, 3.63) is 46.6 Å². The van der Waals surface area contributed by atoms with Crippen LogP contribution in [-0.4, -0.2) is 67.5 Å². The Hall–Kier alpha value is -1.97. The quantitative estimate of drug-likeness (QED) is 0.502. The maximum atomic E-state index is 10.3. The standard InChI is InChI=1S/C22H32N2O6/c1-4-10-24-13(3)16(11-15-8-6-14(5-2)7-9-15)21(23-24)30-22-20(28)19(27)18(26)17(12-25)29-22/h6-9,17-20,22,25-28H,4-5,10-12H2,1-3H3/t17-,18-,19+,20-,22-/m0/s1. The molecule has 2 aromatic rings. The van der Waals surface area contributed by atoms with Crippen LogP contribution in [0.25, 0.3) is 0 Å². The summed E-state index contributed by atoms with van der Waals surface area (Å²) in [5, 5.41) is 44.3. The Morgan fingerprint density at radius 2 is 1.70 bits per heavy atom. The molecule has 166 valence electrons. The molecule has 0 saturated carbocycles. The maximum Gasteiger partial charge on any atom is 0.239 e. The molecule has 1 fully saturated rings. The molecule has 4 N–H and O–H groups in total. The molecule has 8 nitrogen and oxygen atoms in total. The van der Waals surface area contributed by atoms with E-state index in [1.807, 2.05) is 11.6 Å². The summed E-state index contributed by atoms with van der Waals surface area (Å²) in [4.78, 5) is 0. The molecule has 0 unspecified atom stereocenters. The number of aliphatic hydroxyl groups excluding tert-OH is 4. The highest BCUT2D eigenvalue weighted by atomic mass is 16.7. The van der Waals surface area contributed by atoms with Crippen molar-refractivity contribution in [3.8, 4) is 5.88 Å². The third-order valence-electron chi connectivity index (χ3n) is 5.62. The van der Waals surface area contributed by atoms with Gasteiger partial charge in [-0.15, -0.1) is 5.10 Å². The number of benzene rings is 1. The smallest absolute Gasteiger partial charge is 0.239 e. The van der Waals surface area contributed by atoms with Crippen molar-refractivity contribution in [1.29, 1.82) is 0 Å². The molecule has 1 aliphatic rings. The van der Waals surface area contributed by atoms with Gasteiger partial charge >= 0.3 is 0 Å². The van der Waals surface area contributed by atoms with Gasteiger partial charge in [-0.25, -0.2) is 0 Å². The third-order valence-corrected chi connectivity index (χ3v) is 5.62. The number of ether oxygens (including phenoxy) is 2. The number of rotatable bonds is 8. The topological polar surface area (TPSA) is 117 Å². The van der Waals surface area contributed by atoms with E-state index in [4.69, 9.17) is 9.47 Å². The monoisotopic (exact) mass is 420 g/mol. The molecule has 0 spiro atoms. The van der Waals surface area contributed by atoms with Gasteiger partial charge in [0.25, 0.3) is 0 Å². The average molecular weight is 421 g/mol. The summed E-state index contributed by atoms with van der Waals surface area (Å²) in [6.45, 7) is 6.34. The summed E-state index contributed by atoms with van der Waals surface area (Å²) in [6.07, 6.45) is -4.23. The van der Waals surface area contributed by atoms with E-state index in [0.717, 1.165) is 29.7 Å². The van der Waals surface area contributed by atoms with E-state index in [1.54, 1.807) is 0 Å². The minimum absolute atomic E-state index is 0.310. The number of nitrogens with zero attached hydrogens (tertiary/aromatic N) is 2. The number of aliphatic hydroxyl groups is 4. The summed E-state index contributed by atoms with van der Waals surface area (Å²) >= 11 is 0. The molecule has 3 rings (SSSR count). The predicted molar refractivity (Wildman–Crippen MR) is 110 cm³/mol. The second-order valence-corrected chi connectivity index (χ2v) is 7.75. The fourth-order valence-electron chi connectivity index (χ4n) is 3.65. The van der Waals surface area contributed by atoms with Crippen LogP contribution in [0, 0.1) is 6.92 Å². The van der Waals surface area contributed by atoms with Gasteiger partial charge in [0.1, 0.15) is 24.4 Å². The molecule has 0 amide bonds. The van der Waals surface area contributed by atoms with Crippen LogP contribution in [0.5, 0.6) is 5.88 Å². The highest BCUT2D eigenvalue weighted by molar-refractivity contribution is 5.37. The van der Waals surface area contributed by atoms with Crippen molar-refractivity contribution in [1.82, 2.24) is 9.78 Å². The molecule has 0 radical (unpaired) electrons. The molecular formula is C22H32N2O6. The summed E-state index contributed by atoms with van der Waals surface area (Å²) in [5.74, 6) is 0.310. The fourth-order valence-corrected chi connectivity index (χ4v) is 3.65. The van der Waals surface area contributed by atoms with Gasteiger partial charge in [0, 0.05) is 24.2 Å². The third kappa shape index (κ3) is 4.68. The second kappa shape index (κ2) is 9.89. The van der Waals surface area contributed by atoms with Crippen molar-refractivity contribution in [2.45, 2.75) is 77.3 Å². The zero-order chi connectivity index (χ0) is 21.8. The van der Waals surface area contributed by atoms with Gasteiger partial charge in [-0.05, 0) is 30.9 Å². The van der Waals surface area contributed by atoms with Crippen LogP contribution in [0.4, 0.5) is 0 Å². The highest BCUT2D eigenvalue weighted by Crippen LogP contribution is 2.29. The van der Waals surface area contributed by atoms with Crippen LogP contribution >= 0.6 is 0 Å². The molecule has 0 aliphatic carbocycles. The SMILES string of the molecule is CCCn1nc(O[C@@H]2O[C@@H](CO)[C@H](O)[C@@H](O)[C@@H]2O)c(Cc2ccc(CC)cc2)c1C. The Morgan fingerprint density at radius 3 is 2.30 bits per heavy atom. The van der Waals surface area contributed by atoms with E-state index in [9.17, 15) is 20.4 Å². The van der Waals surface area contributed by atoms with Crippen molar-refractivity contribution in [3.63, 3.8) is 0 Å². The van der Waals surface area contributed by atoms with Crippen LogP contribution in [0.3, 0.4) is 0 Å². The van der Waals surface area contributed by atoms with Crippen molar-refractivity contribution < 1.29 is 29.9 Å². The first-order valence-electron chi connectivity index (χ1n) is 10.5. The van der Waals surface area contributed by atoms with Crippen LogP contribution in [-0.2, 0) is 24.1 Å². The van der Waals surface area contributed by atoms with Crippen LogP contribution in [0.15, 0.2) is 24.3 Å². The summed E-state index contributed by atoms with van der Waals surface area (Å²) in [5.41, 5.74) is 4.18. The van der Waals surface area contributed by atoms with Gasteiger partial charge in [0.15, 0.2) is 0 Å². The van der Waals surface area contributed by atoms with Gasteiger partial charge in [0.05, 0.1) is 6.61 Å². The normalized spacial score (nSPS) is 26.7. The lowest BCUT2D eigenvalue weighted by molar-refractivity contribution is -0.278. The number of aryl methyl sites for hydroxylation is 2. The second-order valence-electron chi connectivity index (χ2n) is 7.75. The lowest BCUT2D eigenvalue weighted by atomic mass is 9.99. The first kappa shape index (κ1) is 22.7. The van der Waals surface area contributed by atoms with E-state index in [-0.39, 0.29) is 0 Å². The van der Waals surface area contributed by atoms with Gasteiger partial charge in [-0.2, -0.15) is 0 Å². The lowest BCUT2D eigenvalue weighted by Crippen LogP contribution is -2.60. The van der Waals surface area contributed by atoms with E-state index < -0.39 is 37.3 Å². The van der Waals surface area contributed by atoms with Crippen LogP contribution < -0.4 is 4.74 Å². The van der Waals surface area contributed by atoms with Gasteiger partial charge < -0.3 is 29.9 Å². The van der Waals surface area contributed by atoms with Gasteiger partial charge in [-0.1, -0.05) is 38.1 Å². The van der Waals surface area contributed by atoms with Crippen molar-refractivity contribution in [2.75, 3.05) is 6.61 Å². The fraction of sp³-hybridized carbons (Fsp3) is 0.591. The summed E-state index contributed by atoms with van der Waals surface area (Å²) in [7, 11) is 0. The Bertz CT molecular complexity index is 820. The first-order valence-corrected chi connectivity index (χ1v) is 10.5. The minimum Gasteiger partial charge on any atom is -0.443 e. The van der Waals surface area contributed by atoms with E-state index in [2.05, 4.69) is 43.2 Å². The molecular weight excluding hydrogens is 388 g/mol. The molecule has 1 aromatic heterocycles. The molecule has 0 bridgehead atoms. The van der Waals surface area contributed by atoms with Gasteiger partial charge in [0.2, 0.25) is 12.2 Å². The van der Waals surface area contributed by atoms with Crippen LogP contribution in [0.1, 0.15) is 42.7 Å². The average Bonchev–Trinajstić information content (AvgIpc) is 3.03. The molecule has 2 heterocycles. The van der Waals surface area contributed by atoms with E-state index >= 15 is 0 Å². The number of hydrogen-bond acceptors (Lipinski definition) is 7. The lowest BCUT2D eigenvalue weighted by Gasteiger charge is -2.39. The number of aromatic nitrogens is 2. The van der Waals surface area contributed by atoms with Gasteiger partial charge in [-0.3, -0.25) is 4.68 Å². The molecule has 8 heteroatoms. The molecule has 5 atom stereocenters. The Balaban J connectivity index is 1.88. The molecule has 1 aromatic carbocycles. The summed E-state index contributed by atoms with van der Waals surface area (Å²) < 4.78 is 13.2. The zero-order valence-corrected chi connectivity index (χ0v) is 17.7. The zero-order valence-electron chi connectivity index (χ0n) is 17.7. The molecule has 1 aliphatic heterocycles. The van der Waals surface area contributed by atoms with Crippen LogP contribution in [0.2, 0.25) is 0 Å². The molecule has 30 heavy (non-hydrogen) atoms. The van der Waals surface area contributed by atoms with E-state index in [1.165, 1.54) is 5.56 Å². The van der Waals surface area contributed by atoms with Crippen molar-refractivity contribution in [2.24, 2.45) is 0 Å². The van der Waals surface area contributed by atoms with Crippen molar-refractivity contribution >= 4 is 0 Å². The predicted octanol–water partition coefficient (Wildman–Crippen LogP) is 0.933. The number of hydrogen-bond donors (Lipinski definition) is 4. The Labute approximate surface area is 176 Å².